The third-order valence-corrected chi connectivity index (χ3v) is 7.25. The van der Waals surface area contributed by atoms with Crippen molar-refractivity contribution >= 4 is 40.3 Å². The van der Waals surface area contributed by atoms with E-state index in [1.807, 2.05) is 18.7 Å². The van der Waals surface area contributed by atoms with Crippen molar-refractivity contribution in [2.45, 2.75) is 50.9 Å². The van der Waals surface area contributed by atoms with Crippen LogP contribution in [0.25, 0.3) is 0 Å². The van der Waals surface area contributed by atoms with Gasteiger partial charge in [-0.15, -0.1) is 0 Å². The number of nitrogens with one attached hydrogen (secondary N) is 1. The van der Waals surface area contributed by atoms with E-state index < -0.39 is 5.25 Å². The Morgan fingerprint density at radius 1 is 1.11 bits per heavy atom. The van der Waals surface area contributed by atoms with Gasteiger partial charge in [0.2, 0.25) is 5.91 Å². The number of amidine groups is 1. The number of amides is 3. The van der Waals surface area contributed by atoms with E-state index in [4.69, 9.17) is 0 Å². The predicted octanol–water partition coefficient (Wildman–Crippen LogP) is 4.30. The molecule has 9 heteroatoms. The van der Waals surface area contributed by atoms with Gasteiger partial charge in [0.15, 0.2) is 5.17 Å². The number of hydrogen-bond acceptors (Lipinski definition) is 5. The summed E-state index contributed by atoms with van der Waals surface area (Å²) in [4.78, 5) is 46.1. The summed E-state index contributed by atoms with van der Waals surface area (Å²) >= 11 is 1.32. The van der Waals surface area contributed by atoms with Crippen LogP contribution in [0.3, 0.4) is 0 Å². The highest BCUT2D eigenvalue weighted by molar-refractivity contribution is 8.15. The van der Waals surface area contributed by atoms with Crippen molar-refractivity contribution in [3.63, 3.8) is 0 Å². The average molecular weight is 497 g/mol. The van der Waals surface area contributed by atoms with Crippen molar-refractivity contribution in [2.75, 3.05) is 18.4 Å². The second kappa shape index (κ2) is 11.0. The SMILES string of the molecule is CCN(CC)C1=NC(=O)[C@H](CC(=O)Nc2cccc(C(=O)N(Cc3ccc(F)cc3)C3CC3)c2)S1. The highest BCUT2D eigenvalue weighted by atomic mass is 32.2. The molecule has 4 rings (SSSR count). The monoisotopic (exact) mass is 496 g/mol. The van der Waals surface area contributed by atoms with Gasteiger partial charge < -0.3 is 15.1 Å². The lowest BCUT2D eigenvalue weighted by atomic mass is 10.1. The number of hydrogen-bond donors (Lipinski definition) is 1. The van der Waals surface area contributed by atoms with Crippen LogP contribution in [-0.4, -0.2) is 57.1 Å². The minimum atomic E-state index is -0.545. The average Bonchev–Trinajstić information content (AvgIpc) is 3.63. The molecule has 0 radical (unpaired) electrons. The fourth-order valence-corrected chi connectivity index (χ4v) is 5.15. The summed E-state index contributed by atoms with van der Waals surface area (Å²) in [6, 6.07) is 13.1. The molecule has 1 aliphatic carbocycles. The van der Waals surface area contributed by atoms with Gasteiger partial charge in [0.1, 0.15) is 11.1 Å². The number of carbonyl (C=O) groups excluding carboxylic acids is 3. The van der Waals surface area contributed by atoms with Crippen LogP contribution in [0.5, 0.6) is 0 Å². The molecule has 0 aromatic heterocycles. The summed E-state index contributed by atoms with van der Waals surface area (Å²) in [5.41, 5.74) is 1.83. The molecule has 0 saturated heterocycles. The zero-order valence-corrected chi connectivity index (χ0v) is 20.7. The molecule has 35 heavy (non-hydrogen) atoms. The maximum atomic E-state index is 13.3. The van der Waals surface area contributed by atoms with Gasteiger partial charge in [-0.2, -0.15) is 4.99 Å². The van der Waals surface area contributed by atoms with Gasteiger partial charge in [-0.3, -0.25) is 14.4 Å². The standard InChI is InChI=1S/C26H29FN4O3S/c1-3-30(4-2)26-29-24(33)22(35-26)15-23(32)28-20-7-5-6-18(14-20)25(34)31(21-12-13-21)16-17-8-10-19(27)11-9-17/h5-11,14,21-22H,3-4,12-13,15-16H2,1-2H3,(H,28,32)/t22-/m0/s1. The van der Waals surface area contributed by atoms with Crippen molar-refractivity contribution in [3.8, 4) is 0 Å². The Labute approximate surface area is 208 Å². The molecule has 2 aliphatic rings. The number of aliphatic imine (C=N–C) groups is 1. The number of anilines is 1. The molecule has 2 aromatic rings. The second-order valence-corrected chi connectivity index (χ2v) is 9.81. The summed E-state index contributed by atoms with van der Waals surface area (Å²) in [6.45, 7) is 5.88. The van der Waals surface area contributed by atoms with Gasteiger partial charge in [0.25, 0.3) is 11.8 Å². The maximum absolute atomic E-state index is 13.3. The minimum absolute atomic E-state index is 0.00864. The van der Waals surface area contributed by atoms with Crippen molar-refractivity contribution in [1.82, 2.24) is 9.80 Å². The molecule has 0 unspecified atom stereocenters. The number of nitrogens with zero attached hydrogens (tertiary/aromatic N) is 3. The zero-order chi connectivity index (χ0) is 24.9. The van der Waals surface area contributed by atoms with Crippen LogP contribution in [0.4, 0.5) is 10.1 Å². The van der Waals surface area contributed by atoms with E-state index in [-0.39, 0.29) is 36.0 Å². The lowest BCUT2D eigenvalue weighted by molar-refractivity contribution is -0.121. The number of rotatable bonds is 9. The molecular weight excluding hydrogens is 467 g/mol. The van der Waals surface area contributed by atoms with Crippen LogP contribution in [0.2, 0.25) is 0 Å². The largest absolute Gasteiger partial charge is 0.352 e. The van der Waals surface area contributed by atoms with Crippen molar-refractivity contribution in [1.29, 1.82) is 0 Å². The van der Waals surface area contributed by atoms with Crippen LogP contribution in [-0.2, 0) is 16.1 Å². The van der Waals surface area contributed by atoms with Gasteiger partial charge in [-0.25, -0.2) is 4.39 Å². The normalized spacial score (nSPS) is 17.2. The molecule has 184 valence electrons. The second-order valence-electron chi connectivity index (χ2n) is 8.64. The third kappa shape index (κ3) is 6.28. The Kier molecular flexibility index (Phi) is 7.85. The van der Waals surface area contributed by atoms with Gasteiger partial charge in [-0.05, 0) is 62.6 Å². The summed E-state index contributed by atoms with van der Waals surface area (Å²) in [5.74, 6) is -1.04. The van der Waals surface area contributed by atoms with Gasteiger partial charge in [-0.1, -0.05) is 30.0 Å². The Hall–Kier alpha value is -3.20. The minimum Gasteiger partial charge on any atom is -0.352 e. The van der Waals surface area contributed by atoms with Crippen LogP contribution < -0.4 is 5.32 Å². The van der Waals surface area contributed by atoms with Gasteiger partial charge in [0.05, 0.1) is 0 Å². The quantitative estimate of drug-likeness (QED) is 0.560. The topological polar surface area (TPSA) is 82.1 Å². The molecule has 1 atom stereocenters. The maximum Gasteiger partial charge on any atom is 0.262 e. The van der Waals surface area contributed by atoms with E-state index in [1.165, 1.54) is 23.9 Å². The first-order valence-corrected chi connectivity index (χ1v) is 12.7. The fraction of sp³-hybridized carbons (Fsp3) is 0.385. The van der Waals surface area contributed by atoms with Crippen LogP contribution in [0.1, 0.15) is 49.0 Å². The van der Waals surface area contributed by atoms with Gasteiger partial charge in [0, 0.05) is 43.3 Å². The summed E-state index contributed by atoms with van der Waals surface area (Å²) in [6.07, 6.45) is 1.89. The Morgan fingerprint density at radius 2 is 1.83 bits per heavy atom. The number of thioether (sulfide) groups is 1. The smallest absolute Gasteiger partial charge is 0.262 e. The first kappa shape index (κ1) is 24.9. The van der Waals surface area contributed by atoms with E-state index in [9.17, 15) is 18.8 Å². The van der Waals surface area contributed by atoms with E-state index in [2.05, 4.69) is 10.3 Å². The molecule has 0 spiro atoms. The summed E-state index contributed by atoms with van der Waals surface area (Å²) < 4.78 is 13.3. The molecule has 1 fully saturated rings. The van der Waals surface area contributed by atoms with Crippen LogP contribution >= 0.6 is 11.8 Å². The van der Waals surface area contributed by atoms with Crippen molar-refractivity contribution in [3.05, 3.63) is 65.5 Å². The Balaban J connectivity index is 1.38. The van der Waals surface area contributed by atoms with E-state index >= 15 is 0 Å². The molecule has 2 aromatic carbocycles. The van der Waals surface area contributed by atoms with E-state index in [0.717, 1.165) is 31.5 Å². The summed E-state index contributed by atoms with van der Waals surface area (Å²) in [7, 11) is 0. The number of halogens is 1. The molecule has 1 saturated carbocycles. The molecule has 1 heterocycles. The molecule has 1 aliphatic heterocycles. The molecular formula is C26H29FN4O3S. The van der Waals surface area contributed by atoms with Crippen LogP contribution in [0, 0.1) is 5.82 Å². The van der Waals surface area contributed by atoms with Gasteiger partial charge >= 0.3 is 0 Å². The predicted molar refractivity (Wildman–Crippen MR) is 136 cm³/mol. The molecule has 3 amide bonds. The fourth-order valence-electron chi connectivity index (χ4n) is 3.95. The third-order valence-electron chi connectivity index (χ3n) is 6.04. The zero-order valence-electron chi connectivity index (χ0n) is 19.9. The molecule has 0 bridgehead atoms. The molecule has 1 N–H and O–H groups in total. The first-order valence-electron chi connectivity index (χ1n) is 11.9. The lowest BCUT2D eigenvalue weighted by Gasteiger charge is -2.23. The number of benzene rings is 2. The van der Waals surface area contributed by atoms with E-state index in [0.29, 0.717) is 23.0 Å². The highest BCUT2D eigenvalue weighted by Gasteiger charge is 2.34. The Bertz CT molecular complexity index is 1130. The van der Waals surface area contributed by atoms with Crippen molar-refractivity contribution < 1.29 is 18.8 Å². The van der Waals surface area contributed by atoms with Crippen molar-refractivity contribution in [2.24, 2.45) is 4.99 Å². The lowest BCUT2D eigenvalue weighted by Crippen LogP contribution is -2.32. The van der Waals surface area contributed by atoms with Crippen LogP contribution in [0.15, 0.2) is 53.5 Å². The van der Waals surface area contributed by atoms with E-state index in [1.54, 1.807) is 41.3 Å². The Morgan fingerprint density at radius 3 is 2.49 bits per heavy atom. The summed E-state index contributed by atoms with van der Waals surface area (Å²) in [5, 5.41) is 2.93. The first-order chi connectivity index (χ1) is 16.9. The number of carbonyl (C=O) groups is 3. The molecule has 7 nitrogen and oxygen atoms in total. The highest BCUT2D eigenvalue weighted by Crippen LogP contribution is 2.31.